The van der Waals surface area contributed by atoms with Crippen molar-refractivity contribution in [2.75, 3.05) is 39.3 Å². The molecule has 0 saturated carbocycles. The molecule has 178 valence electrons. The minimum Gasteiger partial charge on any atom is -0.390 e. The monoisotopic (exact) mass is 444 g/mol. The standard InChI is InChI=1S/C25H40N4O3/c30-21(17-26-13-7-1-2-8-14-26)19-28-23-11-5-6-12-24(23)29(25(28)32)20-22(31)18-27-15-9-3-4-10-16-27/h5-6,11-12,21-22,30-31H,1-4,7-10,13-20H2/t21-,22-/m1/s1. The van der Waals surface area contributed by atoms with E-state index in [-0.39, 0.29) is 18.8 Å². The van der Waals surface area contributed by atoms with Crippen molar-refractivity contribution in [3.8, 4) is 0 Å². The fourth-order valence-electron chi connectivity index (χ4n) is 5.40. The Morgan fingerprint density at radius 2 is 1.00 bits per heavy atom. The van der Waals surface area contributed by atoms with E-state index in [4.69, 9.17) is 0 Å². The third kappa shape index (κ3) is 6.01. The Bertz CT molecular complexity index is 822. The van der Waals surface area contributed by atoms with Crippen LogP contribution in [-0.2, 0) is 13.1 Å². The number of aromatic nitrogens is 2. The van der Waals surface area contributed by atoms with E-state index in [9.17, 15) is 15.0 Å². The number of imidazole rings is 1. The van der Waals surface area contributed by atoms with Gasteiger partial charge in [-0.15, -0.1) is 0 Å². The zero-order valence-corrected chi connectivity index (χ0v) is 19.4. The van der Waals surface area contributed by atoms with Crippen molar-refractivity contribution in [2.24, 2.45) is 0 Å². The van der Waals surface area contributed by atoms with E-state index in [1.807, 2.05) is 24.3 Å². The van der Waals surface area contributed by atoms with Crippen molar-refractivity contribution < 1.29 is 10.2 Å². The quantitative estimate of drug-likeness (QED) is 0.654. The second-order valence-corrected chi connectivity index (χ2v) is 9.73. The van der Waals surface area contributed by atoms with Crippen LogP contribution in [0.4, 0.5) is 0 Å². The average Bonchev–Trinajstić information content (AvgIpc) is 3.07. The van der Waals surface area contributed by atoms with Crippen LogP contribution < -0.4 is 5.69 Å². The molecule has 2 saturated heterocycles. The minimum atomic E-state index is -0.591. The highest BCUT2D eigenvalue weighted by Crippen LogP contribution is 2.16. The van der Waals surface area contributed by atoms with Gasteiger partial charge in [0.05, 0.1) is 36.3 Å². The van der Waals surface area contributed by atoms with Gasteiger partial charge < -0.3 is 20.0 Å². The average molecular weight is 445 g/mol. The van der Waals surface area contributed by atoms with Crippen LogP contribution in [0.25, 0.3) is 11.0 Å². The molecule has 2 N–H and O–H groups in total. The molecule has 0 aliphatic carbocycles. The number of likely N-dealkylation sites (tertiary alicyclic amines) is 2. The Morgan fingerprint density at radius 3 is 1.38 bits per heavy atom. The molecule has 0 amide bonds. The van der Waals surface area contributed by atoms with E-state index in [1.165, 1.54) is 51.4 Å². The Balaban J connectivity index is 1.46. The molecular formula is C25H40N4O3. The summed E-state index contributed by atoms with van der Waals surface area (Å²) in [6, 6.07) is 7.73. The van der Waals surface area contributed by atoms with Gasteiger partial charge in [-0.1, -0.05) is 37.8 Å². The van der Waals surface area contributed by atoms with E-state index in [1.54, 1.807) is 9.13 Å². The Kier molecular flexibility index (Phi) is 8.41. The lowest BCUT2D eigenvalue weighted by Crippen LogP contribution is -2.39. The Labute approximate surface area is 191 Å². The minimum absolute atomic E-state index is 0.143. The number of fused-ring (bicyclic) bond motifs is 1. The molecular weight excluding hydrogens is 404 g/mol. The fraction of sp³-hybridized carbons (Fsp3) is 0.720. The fourth-order valence-corrected chi connectivity index (χ4v) is 5.40. The van der Waals surface area contributed by atoms with Crippen molar-refractivity contribution in [3.63, 3.8) is 0 Å². The SMILES string of the molecule is O=c1n(C[C@H](O)CN2CCCCCC2)c2ccccc2n1C[C@H](O)CN1CCCCCC1. The van der Waals surface area contributed by atoms with Crippen molar-refractivity contribution in [3.05, 3.63) is 34.7 Å². The maximum absolute atomic E-state index is 13.3. The van der Waals surface area contributed by atoms with Crippen LogP contribution in [-0.4, -0.2) is 80.6 Å². The second kappa shape index (κ2) is 11.5. The van der Waals surface area contributed by atoms with Gasteiger partial charge in [0.25, 0.3) is 0 Å². The summed E-state index contributed by atoms with van der Waals surface area (Å²) < 4.78 is 3.38. The zero-order valence-electron chi connectivity index (χ0n) is 19.4. The third-order valence-corrected chi connectivity index (χ3v) is 7.05. The number of rotatable bonds is 8. The molecule has 0 radical (unpaired) electrons. The normalized spacial score (nSPS) is 21.3. The summed E-state index contributed by atoms with van der Waals surface area (Å²) in [5.74, 6) is 0. The topological polar surface area (TPSA) is 73.9 Å². The first-order valence-electron chi connectivity index (χ1n) is 12.6. The van der Waals surface area contributed by atoms with Crippen molar-refractivity contribution in [1.29, 1.82) is 0 Å². The summed E-state index contributed by atoms with van der Waals surface area (Å²) >= 11 is 0. The summed E-state index contributed by atoms with van der Waals surface area (Å²) in [6.45, 7) is 5.86. The summed E-state index contributed by atoms with van der Waals surface area (Å²) in [5, 5.41) is 21.6. The van der Waals surface area contributed by atoms with Crippen LogP contribution in [0, 0.1) is 0 Å². The second-order valence-electron chi connectivity index (χ2n) is 9.73. The van der Waals surface area contributed by atoms with Gasteiger partial charge >= 0.3 is 5.69 Å². The lowest BCUT2D eigenvalue weighted by atomic mass is 10.2. The summed E-state index contributed by atoms with van der Waals surface area (Å²) in [5.41, 5.74) is 1.51. The van der Waals surface area contributed by atoms with Gasteiger partial charge in [0.1, 0.15) is 0 Å². The highest BCUT2D eigenvalue weighted by molar-refractivity contribution is 5.76. The van der Waals surface area contributed by atoms with Crippen molar-refractivity contribution in [2.45, 2.75) is 76.7 Å². The van der Waals surface area contributed by atoms with Gasteiger partial charge in [-0.05, 0) is 64.0 Å². The van der Waals surface area contributed by atoms with Crippen LogP contribution in [0.2, 0.25) is 0 Å². The summed E-state index contributed by atoms with van der Waals surface area (Å²) in [6.07, 6.45) is 8.60. The maximum atomic E-state index is 13.3. The number of hydrogen-bond donors (Lipinski definition) is 2. The first kappa shape index (κ1) is 23.5. The summed E-state index contributed by atoms with van der Waals surface area (Å²) in [4.78, 5) is 18.0. The molecule has 2 atom stereocenters. The molecule has 1 aromatic carbocycles. The summed E-state index contributed by atoms with van der Waals surface area (Å²) in [7, 11) is 0. The van der Waals surface area contributed by atoms with Crippen molar-refractivity contribution in [1.82, 2.24) is 18.9 Å². The van der Waals surface area contributed by atoms with Gasteiger partial charge in [0, 0.05) is 13.1 Å². The first-order chi connectivity index (χ1) is 15.6. The number of para-hydroxylation sites is 2. The van der Waals surface area contributed by atoms with E-state index >= 15 is 0 Å². The molecule has 4 rings (SSSR count). The number of benzene rings is 1. The number of β-amino-alcohol motifs (C(OH)–C–C–N with tert-alkyl or cyclic N) is 2. The van der Waals surface area contributed by atoms with E-state index < -0.39 is 12.2 Å². The predicted octanol–water partition coefficient (Wildman–Crippen LogP) is 2.28. The largest absolute Gasteiger partial charge is 0.390 e. The molecule has 0 unspecified atom stereocenters. The van der Waals surface area contributed by atoms with Gasteiger partial charge in [-0.2, -0.15) is 0 Å². The van der Waals surface area contributed by atoms with Gasteiger partial charge in [0.2, 0.25) is 0 Å². The predicted molar refractivity (Wildman–Crippen MR) is 128 cm³/mol. The molecule has 0 spiro atoms. The number of aliphatic hydroxyl groups is 2. The van der Waals surface area contributed by atoms with E-state index in [2.05, 4.69) is 9.80 Å². The molecule has 2 aliphatic rings. The number of aliphatic hydroxyl groups excluding tert-OH is 2. The van der Waals surface area contributed by atoms with Crippen LogP contribution in [0.3, 0.4) is 0 Å². The Morgan fingerprint density at radius 1 is 0.625 bits per heavy atom. The lowest BCUT2D eigenvalue weighted by molar-refractivity contribution is 0.0955. The van der Waals surface area contributed by atoms with Gasteiger partial charge in [-0.25, -0.2) is 4.79 Å². The first-order valence-corrected chi connectivity index (χ1v) is 12.6. The van der Waals surface area contributed by atoms with Crippen molar-refractivity contribution >= 4 is 11.0 Å². The molecule has 2 aliphatic heterocycles. The number of nitrogens with zero attached hydrogens (tertiary/aromatic N) is 4. The van der Waals surface area contributed by atoms with Gasteiger partial charge in [0.15, 0.2) is 0 Å². The van der Waals surface area contributed by atoms with Gasteiger partial charge in [-0.3, -0.25) is 9.13 Å². The van der Waals surface area contributed by atoms with Crippen LogP contribution in [0.15, 0.2) is 29.1 Å². The lowest BCUT2D eigenvalue weighted by Gasteiger charge is -2.23. The molecule has 32 heavy (non-hydrogen) atoms. The number of hydrogen-bond acceptors (Lipinski definition) is 5. The van der Waals surface area contributed by atoms with Crippen LogP contribution in [0.1, 0.15) is 51.4 Å². The van der Waals surface area contributed by atoms with Crippen LogP contribution >= 0.6 is 0 Å². The molecule has 7 heteroatoms. The van der Waals surface area contributed by atoms with E-state index in [0.29, 0.717) is 13.1 Å². The van der Waals surface area contributed by atoms with E-state index in [0.717, 1.165) is 37.2 Å². The molecule has 7 nitrogen and oxygen atoms in total. The Hall–Kier alpha value is -1.67. The molecule has 0 bridgehead atoms. The highest BCUT2D eigenvalue weighted by atomic mass is 16.3. The third-order valence-electron chi connectivity index (χ3n) is 7.05. The molecule has 3 heterocycles. The molecule has 2 fully saturated rings. The maximum Gasteiger partial charge on any atom is 0.329 e. The van der Waals surface area contributed by atoms with Crippen LogP contribution in [0.5, 0.6) is 0 Å². The molecule has 2 aromatic rings. The zero-order chi connectivity index (χ0) is 22.3. The highest BCUT2D eigenvalue weighted by Gasteiger charge is 2.21. The smallest absolute Gasteiger partial charge is 0.329 e. The molecule has 1 aromatic heterocycles.